The van der Waals surface area contributed by atoms with Crippen molar-refractivity contribution in [3.63, 3.8) is 0 Å². The Morgan fingerprint density at radius 3 is 2.54 bits per heavy atom. The molecule has 13 heteroatoms. The Labute approximate surface area is 225 Å². The van der Waals surface area contributed by atoms with Crippen LogP contribution in [0.3, 0.4) is 0 Å². The van der Waals surface area contributed by atoms with Gasteiger partial charge in [-0.1, -0.05) is 22.8 Å². The van der Waals surface area contributed by atoms with Crippen LogP contribution in [0.15, 0.2) is 33.6 Å². The van der Waals surface area contributed by atoms with Gasteiger partial charge in [-0.05, 0) is 56.9 Å². The van der Waals surface area contributed by atoms with E-state index in [1.165, 1.54) is 6.07 Å². The van der Waals surface area contributed by atoms with E-state index in [0.29, 0.717) is 36.0 Å². The van der Waals surface area contributed by atoms with E-state index in [-0.39, 0.29) is 27.9 Å². The summed E-state index contributed by atoms with van der Waals surface area (Å²) in [5.74, 6) is -1.04. The zero-order chi connectivity index (χ0) is 27.9. The number of anilines is 1. The van der Waals surface area contributed by atoms with Crippen LogP contribution in [-0.2, 0) is 17.9 Å². The van der Waals surface area contributed by atoms with Crippen molar-refractivity contribution in [1.29, 1.82) is 0 Å². The number of aromatic carboxylic acids is 1. The van der Waals surface area contributed by atoms with Crippen LogP contribution in [0.5, 0.6) is 0 Å². The lowest BCUT2D eigenvalue weighted by Gasteiger charge is -2.68. The Balaban J connectivity index is 1.38. The first-order chi connectivity index (χ1) is 18.4. The second kappa shape index (κ2) is 8.54. The molecule has 3 aliphatic carbocycles. The molecule has 3 aromatic heterocycles. The van der Waals surface area contributed by atoms with E-state index in [0.717, 1.165) is 11.1 Å². The summed E-state index contributed by atoms with van der Waals surface area (Å²) in [6, 6.07) is 6.30. The molecule has 2 N–H and O–H groups in total. The number of hydrogen-bond acceptors (Lipinski definition) is 8. The Hall–Kier alpha value is -3.93. The van der Waals surface area contributed by atoms with E-state index in [1.807, 2.05) is 19.9 Å². The highest BCUT2D eigenvalue weighted by molar-refractivity contribution is 6.29. The fourth-order valence-corrected chi connectivity index (χ4v) is 6.33. The molecule has 1 atom stereocenters. The van der Waals surface area contributed by atoms with Crippen LogP contribution in [0.2, 0.25) is 5.15 Å². The minimum atomic E-state index is -2.83. The number of carboxylic acids is 1. The largest absolute Gasteiger partial charge is 0.476 e. The van der Waals surface area contributed by atoms with Gasteiger partial charge in [0, 0.05) is 23.4 Å². The predicted molar refractivity (Wildman–Crippen MR) is 136 cm³/mol. The molecular weight excluding hydrogens is 534 g/mol. The van der Waals surface area contributed by atoms with Gasteiger partial charge in [-0.25, -0.2) is 14.8 Å². The quantitative estimate of drug-likeness (QED) is 0.306. The minimum absolute atomic E-state index is 0.0593. The van der Waals surface area contributed by atoms with Gasteiger partial charge in [-0.3, -0.25) is 9.36 Å². The van der Waals surface area contributed by atoms with Gasteiger partial charge in [0.15, 0.2) is 11.5 Å². The van der Waals surface area contributed by atoms with Crippen LogP contribution in [0.25, 0.3) is 10.9 Å². The summed E-state index contributed by atoms with van der Waals surface area (Å²) in [5, 5.41) is 17.0. The summed E-state index contributed by atoms with van der Waals surface area (Å²) in [5.41, 5.74) is 1.08. The van der Waals surface area contributed by atoms with Gasteiger partial charge in [0.25, 0.3) is 11.4 Å². The third-order valence-electron chi connectivity index (χ3n) is 7.86. The van der Waals surface area contributed by atoms with Gasteiger partial charge in [-0.15, -0.1) is 0 Å². The van der Waals surface area contributed by atoms with Crippen molar-refractivity contribution in [2.24, 2.45) is 7.05 Å². The number of rotatable bonds is 7. The maximum Gasteiger partial charge on any atom is 0.356 e. The van der Waals surface area contributed by atoms with Crippen molar-refractivity contribution in [2.45, 2.75) is 56.4 Å². The number of pyridine rings is 1. The van der Waals surface area contributed by atoms with Crippen molar-refractivity contribution < 1.29 is 23.2 Å². The van der Waals surface area contributed by atoms with Gasteiger partial charge in [0.1, 0.15) is 11.0 Å². The standard InChI is InChI=1S/C26H23ClF2N6O4/c1-11-6-13(12(2)30-15-4-5-16(27)31-18(15)22(37)38)17-14(7-11)21(36)35(3)24(32-17)26-8-25(9-26,10-26)23-33-20(19(28)29)39-34-23/h4-7,12,19,30H,8-10H2,1-3H3,(H,37,38). The lowest BCUT2D eigenvalue weighted by atomic mass is 9.34. The number of halogens is 3. The first-order valence-corrected chi connectivity index (χ1v) is 12.6. The van der Waals surface area contributed by atoms with E-state index < -0.39 is 35.2 Å². The van der Waals surface area contributed by atoms with E-state index in [9.17, 15) is 23.5 Å². The zero-order valence-corrected chi connectivity index (χ0v) is 21.9. The highest BCUT2D eigenvalue weighted by Gasteiger charge is 2.72. The van der Waals surface area contributed by atoms with E-state index in [1.54, 1.807) is 23.7 Å². The van der Waals surface area contributed by atoms with E-state index in [2.05, 4.69) is 20.4 Å². The third kappa shape index (κ3) is 3.80. The molecule has 0 amide bonds. The molecule has 202 valence electrons. The third-order valence-corrected chi connectivity index (χ3v) is 8.07. The summed E-state index contributed by atoms with van der Waals surface area (Å²) < 4.78 is 32.2. The fourth-order valence-electron chi connectivity index (χ4n) is 6.18. The smallest absolute Gasteiger partial charge is 0.356 e. The lowest BCUT2D eigenvalue weighted by molar-refractivity contribution is -0.0846. The Bertz CT molecular complexity index is 1720. The molecule has 1 aromatic carbocycles. The van der Waals surface area contributed by atoms with Crippen LogP contribution >= 0.6 is 11.6 Å². The predicted octanol–water partition coefficient (Wildman–Crippen LogP) is 4.86. The summed E-state index contributed by atoms with van der Waals surface area (Å²) in [4.78, 5) is 38.0. The van der Waals surface area contributed by atoms with Gasteiger partial charge >= 0.3 is 12.4 Å². The summed E-state index contributed by atoms with van der Waals surface area (Å²) >= 11 is 5.90. The van der Waals surface area contributed by atoms with Crippen LogP contribution in [-0.4, -0.2) is 35.8 Å². The van der Waals surface area contributed by atoms with Gasteiger partial charge in [0.2, 0.25) is 0 Å². The van der Waals surface area contributed by atoms with Crippen LogP contribution in [0.4, 0.5) is 14.5 Å². The molecule has 3 saturated carbocycles. The lowest BCUT2D eigenvalue weighted by Crippen LogP contribution is -2.69. The second-order valence-electron chi connectivity index (χ2n) is 10.6. The first kappa shape index (κ1) is 25.4. The average molecular weight is 557 g/mol. The molecule has 0 spiro atoms. The molecule has 0 radical (unpaired) electrons. The molecule has 3 heterocycles. The molecule has 0 aliphatic heterocycles. The first-order valence-electron chi connectivity index (χ1n) is 12.2. The number of nitrogens with zero attached hydrogens (tertiary/aromatic N) is 5. The number of hydrogen-bond donors (Lipinski definition) is 2. The molecule has 2 bridgehead atoms. The van der Waals surface area contributed by atoms with Crippen LogP contribution in [0, 0.1) is 6.92 Å². The molecule has 39 heavy (non-hydrogen) atoms. The maximum absolute atomic E-state index is 13.5. The summed E-state index contributed by atoms with van der Waals surface area (Å²) in [7, 11) is 1.68. The minimum Gasteiger partial charge on any atom is -0.476 e. The highest BCUT2D eigenvalue weighted by atomic mass is 35.5. The number of aromatic nitrogens is 5. The number of carboxylic acid groups (broad SMARTS) is 1. The molecule has 1 unspecified atom stereocenters. The van der Waals surface area contributed by atoms with Crippen LogP contribution < -0.4 is 10.9 Å². The molecule has 10 nitrogen and oxygen atoms in total. The number of carbonyl (C=O) groups is 1. The number of fused-ring (bicyclic) bond motifs is 1. The monoisotopic (exact) mass is 556 g/mol. The van der Waals surface area contributed by atoms with Crippen molar-refractivity contribution in [3.8, 4) is 0 Å². The summed E-state index contributed by atoms with van der Waals surface area (Å²) in [6.45, 7) is 3.72. The zero-order valence-electron chi connectivity index (χ0n) is 21.1. The molecule has 3 fully saturated rings. The number of nitrogens with one attached hydrogen (secondary N) is 1. The van der Waals surface area contributed by atoms with Gasteiger partial charge < -0.3 is 14.9 Å². The van der Waals surface area contributed by atoms with E-state index in [4.69, 9.17) is 21.1 Å². The maximum atomic E-state index is 13.5. The molecule has 7 rings (SSSR count). The number of aryl methyl sites for hydroxylation is 1. The van der Waals surface area contributed by atoms with Crippen molar-refractivity contribution in [2.75, 3.05) is 5.32 Å². The molecule has 4 aromatic rings. The molecular formula is C26H23ClF2N6O4. The average Bonchev–Trinajstić information content (AvgIpc) is 3.32. The van der Waals surface area contributed by atoms with Crippen molar-refractivity contribution in [3.05, 3.63) is 74.1 Å². The molecule has 0 saturated heterocycles. The van der Waals surface area contributed by atoms with Gasteiger partial charge in [-0.2, -0.15) is 13.8 Å². The number of alkyl halides is 2. The Morgan fingerprint density at radius 1 is 1.18 bits per heavy atom. The normalized spacial score (nSPS) is 22.4. The highest BCUT2D eigenvalue weighted by Crippen LogP contribution is 2.73. The van der Waals surface area contributed by atoms with Crippen LogP contribution in [0.1, 0.15) is 77.8 Å². The van der Waals surface area contributed by atoms with Crippen molar-refractivity contribution >= 4 is 34.2 Å². The summed E-state index contributed by atoms with van der Waals surface area (Å²) in [6.07, 6.45) is -1.12. The Morgan fingerprint density at radius 2 is 1.90 bits per heavy atom. The number of benzene rings is 1. The molecule has 3 aliphatic rings. The van der Waals surface area contributed by atoms with Crippen molar-refractivity contribution in [1.82, 2.24) is 24.7 Å². The van der Waals surface area contributed by atoms with Gasteiger partial charge in [0.05, 0.1) is 22.6 Å². The topological polar surface area (TPSA) is 136 Å². The second-order valence-corrected chi connectivity index (χ2v) is 11.0. The fraction of sp³-hybridized carbons (Fsp3) is 0.385. The SMILES string of the molecule is Cc1cc(C(C)Nc2ccc(Cl)nc2C(=O)O)c2nc(C34CC(c5noc(C(F)F)n5)(C3)C4)n(C)c(=O)c2c1. The Kier molecular flexibility index (Phi) is 5.55. The van der Waals surface area contributed by atoms with E-state index >= 15 is 0 Å².